The van der Waals surface area contributed by atoms with E-state index < -0.39 is 0 Å². The highest BCUT2D eigenvalue weighted by Crippen LogP contribution is 2.38. The summed E-state index contributed by atoms with van der Waals surface area (Å²) in [6.45, 7) is 1.84. The SMILES string of the molecule is O=C1OC[C@H]2[C@@H]1[C@H]([C@H]1CCCO1)ON2Cc1ccccc1. The summed E-state index contributed by atoms with van der Waals surface area (Å²) in [6, 6.07) is 10.2. The molecule has 4 rings (SSSR count). The molecular weight excluding hydrogens is 270 g/mol. The topological polar surface area (TPSA) is 48.0 Å². The molecule has 3 saturated heterocycles. The third-order valence-corrected chi connectivity index (χ3v) is 4.58. The highest BCUT2D eigenvalue weighted by atomic mass is 16.7. The number of carbonyl (C=O) groups is 1. The van der Waals surface area contributed by atoms with E-state index in [4.69, 9.17) is 14.3 Å². The first-order chi connectivity index (χ1) is 10.3. The fraction of sp³-hybridized carbons (Fsp3) is 0.562. The van der Waals surface area contributed by atoms with Gasteiger partial charge in [0.25, 0.3) is 0 Å². The zero-order valence-corrected chi connectivity index (χ0v) is 11.8. The van der Waals surface area contributed by atoms with Crippen molar-refractivity contribution in [2.75, 3.05) is 13.2 Å². The predicted molar refractivity (Wildman–Crippen MR) is 74.1 cm³/mol. The molecular formula is C16H19NO4. The molecule has 5 heteroatoms. The maximum Gasteiger partial charge on any atom is 0.313 e. The Kier molecular flexibility index (Phi) is 3.41. The highest BCUT2D eigenvalue weighted by Gasteiger charge is 2.55. The van der Waals surface area contributed by atoms with E-state index in [-0.39, 0.29) is 30.1 Å². The van der Waals surface area contributed by atoms with Crippen molar-refractivity contribution in [3.8, 4) is 0 Å². The molecule has 1 aromatic rings. The molecule has 21 heavy (non-hydrogen) atoms. The molecule has 0 unspecified atom stereocenters. The van der Waals surface area contributed by atoms with E-state index >= 15 is 0 Å². The third kappa shape index (κ3) is 2.35. The lowest BCUT2D eigenvalue weighted by atomic mass is 9.92. The lowest BCUT2D eigenvalue weighted by molar-refractivity contribution is -0.203. The molecule has 0 bridgehead atoms. The highest BCUT2D eigenvalue weighted by molar-refractivity contribution is 5.76. The van der Waals surface area contributed by atoms with Gasteiger partial charge in [-0.15, -0.1) is 0 Å². The van der Waals surface area contributed by atoms with Crippen LogP contribution in [0.15, 0.2) is 30.3 Å². The number of esters is 1. The van der Waals surface area contributed by atoms with Crippen molar-refractivity contribution in [1.29, 1.82) is 0 Å². The van der Waals surface area contributed by atoms with Gasteiger partial charge in [-0.1, -0.05) is 30.3 Å². The Balaban J connectivity index is 1.54. The molecule has 1 aromatic carbocycles. The first kappa shape index (κ1) is 13.2. The normalized spacial score (nSPS) is 35.9. The maximum atomic E-state index is 12.0. The van der Waals surface area contributed by atoms with Crippen molar-refractivity contribution < 1.29 is 19.1 Å². The van der Waals surface area contributed by atoms with Crippen LogP contribution in [0.25, 0.3) is 0 Å². The fourth-order valence-electron chi connectivity index (χ4n) is 3.52. The Bertz CT molecular complexity index is 514. The Morgan fingerprint density at radius 3 is 2.86 bits per heavy atom. The van der Waals surface area contributed by atoms with Gasteiger partial charge in [-0.2, -0.15) is 5.06 Å². The van der Waals surface area contributed by atoms with Crippen molar-refractivity contribution in [2.24, 2.45) is 5.92 Å². The number of carbonyl (C=O) groups excluding carboxylic acids is 1. The molecule has 5 nitrogen and oxygen atoms in total. The van der Waals surface area contributed by atoms with Crippen LogP contribution in [0.4, 0.5) is 0 Å². The molecule has 112 valence electrons. The summed E-state index contributed by atoms with van der Waals surface area (Å²) in [7, 11) is 0. The number of nitrogens with zero attached hydrogens (tertiary/aromatic N) is 1. The number of fused-ring (bicyclic) bond motifs is 1. The zero-order chi connectivity index (χ0) is 14.2. The first-order valence-corrected chi connectivity index (χ1v) is 7.58. The Morgan fingerprint density at radius 1 is 1.24 bits per heavy atom. The van der Waals surface area contributed by atoms with Crippen LogP contribution in [0.1, 0.15) is 18.4 Å². The molecule has 3 aliphatic rings. The fourth-order valence-corrected chi connectivity index (χ4v) is 3.52. The van der Waals surface area contributed by atoms with Crippen molar-refractivity contribution in [1.82, 2.24) is 5.06 Å². The smallest absolute Gasteiger partial charge is 0.313 e. The summed E-state index contributed by atoms with van der Waals surface area (Å²) in [5.41, 5.74) is 1.17. The average Bonchev–Trinajstić information content (AvgIpc) is 3.20. The van der Waals surface area contributed by atoms with Crippen molar-refractivity contribution in [2.45, 2.75) is 37.6 Å². The van der Waals surface area contributed by atoms with Gasteiger partial charge in [0.15, 0.2) is 0 Å². The van der Waals surface area contributed by atoms with Crippen LogP contribution in [-0.4, -0.2) is 42.5 Å². The molecule has 0 saturated carbocycles. The van der Waals surface area contributed by atoms with Crippen LogP contribution in [0.5, 0.6) is 0 Å². The van der Waals surface area contributed by atoms with Gasteiger partial charge in [-0.05, 0) is 18.4 Å². The number of cyclic esters (lactones) is 1. The second-order valence-electron chi connectivity index (χ2n) is 5.91. The van der Waals surface area contributed by atoms with Crippen LogP contribution in [0.2, 0.25) is 0 Å². The van der Waals surface area contributed by atoms with Crippen LogP contribution in [-0.2, 0) is 25.7 Å². The average molecular weight is 289 g/mol. The van der Waals surface area contributed by atoms with Gasteiger partial charge in [-0.3, -0.25) is 9.63 Å². The molecule has 0 spiro atoms. The third-order valence-electron chi connectivity index (χ3n) is 4.58. The first-order valence-electron chi connectivity index (χ1n) is 7.58. The molecule has 3 aliphatic heterocycles. The van der Waals surface area contributed by atoms with Gasteiger partial charge in [0.1, 0.15) is 18.6 Å². The van der Waals surface area contributed by atoms with Crippen molar-refractivity contribution in [3.63, 3.8) is 0 Å². The minimum atomic E-state index is -0.211. The standard InChI is InChI=1S/C16H19NO4/c18-16-14-12(10-20-16)17(9-11-5-2-1-3-6-11)21-15(14)13-7-4-8-19-13/h1-3,5-6,12-15H,4,7-10H2/t12-,13+,14+,15-/m0/s1. The summed E-state index contributed by atoms with van der Waals surface area (Å²) in [5.74, 6) is -0.354. The molecule has 0 amide bonds. The van der Waals surface area contributed by atoms with E-state index in [0.717, 1.165) is 19.4 Å². The minimum Gasteiger partial charge on any atom is -0.464 e. The Morgan fingerprint density at radius 2 is 2.10 bits per heavy atom. The number of hydrogen-bond acceptors (Lipinski definition) is 5. The summed E-state index contributed by atoms with van der Waals surface area (Å²) >= 11 is 0. The van der Waals surface area contributed by atoms with Gasteiger partial charge in [0.2, 0.25) is 0 Å². The van der Waals surface area contributed by atoms with Crippen LogP contribution < -0.4 is 0 Å². The summed E-state index contributed by atoms with van der Waals surface area (Å²) in [5, 5.41) is 1.91. The van der Waals surface area contributed by atoms with Crippen LogP contribution >= 0.6 is 0 Å². The van der Waals surface area contributed by atoms with Gasteiger partial charge < -0.3 is 9.47 Å². The van der Waals surface area contributed by atoms with E-state index in [2.05, 4.69) is 12.1 Å². The quantitative estimate of drug-likeness (QED) is 0.790. The van der Waals surface area contributed by atoms with E-state index in [1.165, 1.54) is 5.56 Å². The van der Waals surface area contributed by atoms with Gasteiger partial charge in [0.05, 0.1) is 12.1 Å². The lowest BCUT2D eigenvalue weighted by Gasteiger charge is -2.23. The summed E-state index contributed by atoms with van der Waals surface area (Å²) < 4.78 is 11.0. The molecule has 0 N–H and O–H groups in total. The molecule has 3 heterocycles. The molecule has 0 aromatic heterocycles. The summed E-state index contributed by atoms with van der Waals surface area (Å²) in [6.07, 6.45) is 1.82. The maximum absolute atomic E-state index is 12.0. The molecule has 3 fully saturated rings. The Hall–Kier alpha value is -1.43. The molecule has 0 radical (unpaired) electrons. The van der Waals surface area contributed by atoms with Gasteiger partial charge in [0, 0.05) is 13.2 Å². The summed E-state index contributed by atoms with van der Waals surface area (Å²) in [4.78, 5) is 18.1. The second kappa shape index (κ2) is 5.40. The second-order valence-corrected chi connectivity index (χ2v) is 5.91. The van der Waals surface area contributed by atoms with Crippen molar-refractivity contribution >= 4 is 5.97 Å². The van der Waals surface area contributed by atoms with E-state index in [0.29, 0.717) is 13.2 Å². The van der Waals surface area contributed by atoms with Crippen LogP contribution in [0.3, 0.4) is 0 Å². The zero-order valence-electron chi connectivity index (χ0n) is 11.8. The van der Waals surface area contributed by atoms with E-state index in [1.54, 1.807) is 0 Å². The van der Waals surface area contributed by atoms with Crippen LogP contribution in [0, 0.1) is 5.92 Å². The number of hydroxylamine groups is 2. The van der Waals surface area contributed by atoms with E-state index in [9.17, 15) is 4.79 Å². The largest absolute Gasteiger partial charge is 0.464 e. The number of hydrogen-bond donors (Lipinski definition) is 0. The predicted octanol–water partition coefficient (Wildman–Crippen LogP) is 1.52. The Labute approximate surface area is 123 Å². The lowest BCUT2D eigenvalue weighted by Crippen LogP contribution is -2.35. The minimum absolute atomic E-state index is 0.00639. The number of ether oxygens (including phenoxy) is 2. The molecule has 4 atom stereocenters. The van der Waals surface area contributed by atoms with Crippen molar-refractivity contribution in [3.05, 3.63) is 35.9 Å². The van der Waals surface area contributed by atoms with Gasteiger partial charge >= 0.3 is 5.97 Å². The number of benzene rings is 1. The monoisotopic (exact) mass is 289 g/mol. The van der Waals surface area contributed by atoms with E-state index in [1.807, 2.05) is 23.3 Å². The van der Waals surface area contributed by atoms with Gasteiger partial charge in [-0.25, -0.2) is 0 Å². The molecule has 0 aliphatic carbocycles. The number of rotatable bonds is 3.